The van der Waals surface area contributed by atoms with Crippen LogP contribution in [0.3, 0.4) is 0 Å². The van der Waals surface area contributed by atoms with Gasteiger partial charge in [0.25, 0.3) is 0 Å². The van der Waals surface area contributed by atoms with Crippen LogP contribution in [-0.2, 0) is 9.53 Å². The van der Waals surface area contributed by atoms with E-state index in [-0.39, 0.29) is 36.1 Å². The zero-order chi connectivity index (χ0) is 24.3. The number of carbonyl (C=O) groups excluding carboxylic acids is 2. The van der Waals surface area contributed by atoms with Gasteiger partial charge >= 0.3 is 5.97 Å². The van der Waals surface area contributed by atoms with E-state index in [0.29, 0.717) is 29.1 Å². The van der Waals surface area contributed by atoms with Crippen molar-refractivity contribution in [2.75, 3.05) is 31.5 Å². The summed E-state index contributed by atoms with van der Waals surface area (Å²) >= 11 is 0. The van der Waals surface area contributed by atoms with Crippen molar-refractivity contribution in [2.24, 2.45) is 5.92 Å². The zero-order valence-corrected chi connectivity index (χ0v) is 20.7. The Hall–Kier alpha value is -3.42. The highest BCUT2D eigenvalue weighted by molar-refractivity contribution is 5.97. The van der Waals surface area contributed by atoms with Crippen LogP contribution >= 0.6 is 0 Å². The number of aromatic hydroxyl groups is 1. The van der Waals surface area contributed by atoms with Crippen LogP contribution in [0, 0.1) is 5.92 Å². The van der Waals surface area contributed by atoms with Crippen LogP contribution in [-0.4, -0.2) is 58.6 Å². The summed E-state index contributed by atoms with van der Waals surface area (Å²) in [5.41, 5.74) is 2.13. The van der Waals surface area contributed by atoms with Gasteiger partial charge in [0.15, 0.2) is 12.1 Å². The van der Waals surface area contributed by atoms with E-state index in [4.69, 9.17) is 4.74 Å². The Kier molecular flexibility index (Phi) is 7.91. The van der Waals surface area contributed by atoms with Gasteiger partial charge in [-0.3, -0.25) is 4.79 Å². The maximum absolute atomic E-state index is 13.5. The summed E-state index contributed by atoms with van der Waals surface area (Å²) in [7, 11) is 0. The minimum Gasteiger partial charge on any atom is -1.00 e. The predicted molar refractivity (Wildman–Crippen MR) is 132 cm³/mol. The van der Waals surface area contributed by atoms with Crippen molar-refractivity contribution < 1.29 is 36.3 Å². The number of pyridine rings is 1. The van der Waals surface area contributed by atoms with Crippen LogP contribution in [0.15, 0.2) is 79.0 Å². The highest BCUT2D eigenvalue weighted by Crippen LogP contribution is 2.36. The molecule has 0 amide bonds. The van der Waals surface area contributed by atoms with Crippen molar-refractivity contribution in [2.45, 2.75) is 25.0 Å². The molecule has 4 heterocycles. The summed E-state index contributed by atoms with van der Waals surface area (Å²) in [6.45, 7) is 2.95. The highest BCUT2D eigenvalue weighted by Gasteiger charge is 2.49. The standard InChI is InChI=1S/C28H29N3O4.ClH/c32-24(20-7-3-1-4-8-20)18-31-15-13-21(14-16-31)25(19-31)35-28(34)27(22-11-12-26(33)29-17-22)30-23-9-5-2-6-10-23;/h1-12,17,21,25,27,30H,13-16,18-19H2;1H/t21?,25-,27?,31?;/m0./s1. The molecule has 36 heavy (non-hydrogen) atoms. The van der Waals surface area contributed by atoms with Crippen molar-refractivity contribution >= 4 is 17.4 Å². The normalized spacial score (nSPS) is 23.2. The van der Waals surface area contributed by atoms with E-state index in [2.05, 4.69) is 10.3 Å². The summed E-state index contributed by atoms with van der Waals surface area (Å²) in [5, 5.41) is 12.9. The number of ether oxygens (including phenoxy) is 1. The van der Waals surface area contributed by atoms with E-state index in [1.54, 1.807) is 6.07 Å². The molecule has 2 N–H and O–H groups in total. The Morgan fingerprint density at radius 1 is 1.00 bits per heavy atom. The van der Waals surface area contributed by atoms with E-state index in [0.717, 1.165) is 37.2 Å². The Bertz CT molecular complexity index is 1170. The SMILES string of the molecule is O=C(C[N+]12CCC(CC1)[C@@H](OC(=O)C(Nc1ccccc1)c1ccc(O)nc1)C2)c1ccccc1.[Cl-]. The molecule has 0 radical (unpaired) electrons. The molecule has 0 saturated carbocycles. The number of aromatic nitrogens is 1. The lowest BCUT2D eigenvalue weighted by molar-refractivity contribution is -0.938. The van der Waals surface area contributed by atoms with E-state index >= 15 is 0 Å². The molecule has 1 aromatic heterocycles. The molecular formula is C28H30ClN3O4. The van der Waals surface area contributed by atoms with Crippen molar-refractivity contribution in [1.29, 1.82) is 0 Å². The van der Waals surface area contributed by atoms with Crippen LogP contribution in [0.25, 0.3) is 0 Å². The number of nitrogens with zero attached hydrogens (tertiary/aromatic N) is 2. The Morgan fingerprint density at radius 3 is 2.31 bits per heavy atom. The Balaban J connectivity index is 0.00000304. The van der Waals surface area contributed by atoms with E-state index in [1.165, 1.54) is 12.3 Å². The molecule has 3 aliphatic heterocycles. The highest BCUT2D eigenvalue weighted by atomic mass is 35.5. The van der Waals surface area contributed by atoms with Crippen LogP contribution < -0.4 is 17.7 Å². The van der Waals surface area contributed by atoms with Gasteiger partial charge in [-0.05, 0) is 18.2 Å². The second-order valence-electron chi connectivity index (χ2n) is 9.62. The lowest BCUT2D eigenvalue weighted by Gasteiger charge is -2.51. The molecular weight excluding hydrogens is 478 g/mol. The van der Waals surface area contributed by atoms with Crippen LogP contribution in [0.1, 0.15) is 34.8 Å². The van der Waals surface area contributed by atoms with Gasteiger partial charge in [-0.1, -0.05) is 48.5 Å². The van der Waals surface area contributed by atoms with Crippen molar-refractivity contribution in [3.63, 3.8) is 0 Å². The summed E-state index contributed by atoms with van der Waals surface area (Å²) in [4.78, 5) is 30.4. The number of ketones is 1. The summed E-state index contributed by atoms with van der Waals surface area (Å²) < 4.78 is 6.80. The monoisotopic (exact) mass is 507 g/mol. The largest absolute Gasteiger partial charge is 1.00 e. The van der Waals surface area contributed by atoms with Gasteiger partial charge in [-0.25, -0.2) is 9.78 Å². The maximum Gasteiger partial charge on any atom is 0.333 e. The molecule has 2 aromatic carbocycles. The lowest BCUT2D eigenvalue weighted by atomic mass is 9.82. The minimum absolute atomic E-state index is 0. The first-order valence-electron chi connectivity index (χ1n) is 12.1. The second-order valence-corrected chi connectivity index (χ2v) is 9.62. The lowest BCUT2D eigenvalue weighted by Crippen LogP contribution is -3.00. The molecule has 2 atom stereocenters. The number of benzene rings is 2. The fraction of sp³-hybridized carbons (Fsp3) is 0.321. The number of piperidine rings is 3. The molecule has 3 saturated heterocycles. The molecule has 7 nitrogen and oxygen atoms in total. The first kappa shape index (κ1) is 25.7. The number of anilines is 1. The number of carbonyl (C=O) groups is 2. The Labute approximate surface area is 217 Å². The van der Waals surface area contributed by atoms with Crippen molar-refractivity contribution in [3.8, 4) is 5.88 Å². The average molecular weight is 508 g/mol. The number of quaternary nitrogens is 1. The fourth-order valence-corrected chi connectivity index (χ4v) is 5.36. The topological polar surface area (TPSA) is 88.5 Å². The quantitative estimate of drug-likeness (QED) is 0.268. The zero-order valence-electron chi connectivity index (χ0n) is 19.9. The first-order chi connectivity index (χ1) is 17.0. The summed E-state index contributed by atoms with van der Waals surface area (Å²) in [6.07, 6.45) is 3.13. The number of esters is 1. The number of fused-ring (bicyclic) bond motifs is 3. The number of rotatable bonds is 8. The number of hydrogen-bond acceptors (Lipinski definition) is 6. The van der Waals surface area contributed by atoms with E-state index < -0.39 is 6.04 Å². The number of hydrogen-bond donors (Lipinski definition) is 2. The summed E-state index contributed by atoms with van der Waals surface area (Å²) in [6, 6.07) is 21.3. The Morgan fingerprint density at radius 2 is 1.67 bits per heavy atom. The third-order valence-electron chi connectivity index (χ3n) is 7.31. The van der Waals surface area contributed by atoms with Crippen LogP contribution in [0.4, 0.5) is 5.69 Å². The molecule has 3 aromatic rings. The number of nitrogens with one attached hydrogen (secondary N) is 1. The van der Waals surface area contributed by atoms with Gasteiger partial charge in [-0.15, -0.1) is 0 Å². The molecule has 8 heteroatoms. The summed E-state index contributed by atoms with van der Waals surface area (Å²) in [5.74, 6) is -0.0453. The van der Waals surface area contributed by atoms with Crippen molar-refractivity contribution in [1.82, 2.24) is 4.98 Å². The van der Waals surface area contributed by atoms with Crippen molar-refractivity contribution in [3.05, 3.63) is 90.1 Å². The predicted octanol–water partition coefficient (Wildman–Crippen LogP) is 0.980. The molecule has 1 unspecified atom stereocenters. The number of halogens is 1. The van der Waals surface area contributed by atoms with Gasteiger partial charge < -0.3 is 32.1 Å². The molecule has 0 aliphatic carbocycles. The first-order valence-corrected chi connectivity index (χ1v) is 12.1. The minimum atomic E-state index is -0.764. The van der Waals surface area contributed by atoms with E-state index in [1.807, 2.05) is 60.7 Å². The van der Waals surface area contributed by atoms with Gasteiger partial charge in [0.05, 0.1) is 13.1 Å². The van der Waals surface area contributed by atoms with Gasteiger partial charge in [0.2, 0.25) is 11.7 Å². The van der Waals surface area contributed by atoms with Crippen LogP contribution in [0.2, 0.25) is 0 Å². The van der Waals surface area contributed by atoms with Gasteiger partial charge in [-0.2, -0.15) is 0 Å². The van der Waals surface area contributed by atoms with Gasteiger partial charge in [0.1, 0.15) is 13.1 Å². The average Bonchev–Trinajstić information content (AvgIpc) is 2.89. The maximum atomic E-state index is 13.5. The van der Waals surface area contributed by atoms with Gasteiger partial charge in [0, 0.05) is 47.8 Å². The smallest absolute Gasteiger partial charge is 0.333 e. The molecule has 188 valence electrons. The molecule has 3 aliphatic rings. The van der Waals surface area contributed by atoms with Crippen LogP contribution in [0.5, 0.6) is 5.88 Å². The third kappa shape index (κ3) is 5.69. The number of para-hydroxylation sites is 1. The molecule has 6 rings (SSSR count). The molecule has 0 spiro atoms. The van der Waals surface area contributed by atoms with E-state index in [9.17, 15) is 14.7 Å². The molecule has 3 fully saturated rings. The fourth-order valence-electron chi connectivity index (χ4n) is 5.36. The third-order valence-corrected chi connectivity index (χ3v) is 7.31. The molecule has 2 bridgehead atoms. The second kappa shape index (κ2) is 11.1. The number of Topliss-reactive ketones (excluding diaryl/α,β-unsaturated/α-hetero) is 1.